The van der Waals surface area contributed by atoms with Crippen LogP contribution in [-0.4, -0.2) is 21.2 Å². The van der Waals surface area contributed by atoms with E-state index in [2.05, 4.69) is 5.32 Å². The van der Waals surface area contributed by atoms with Crippen LogP contribution in [0.5, 0.6) is 0 Å². The van der Waals surface area contributed by atoms with Crippen LogP contribution >= 0.6 is 23.1 Å². The van der Waals surface area contributed by atoms with Crippen molar-refractivity contribution >= 4 is 39.9 Å². The molecule has 4 aromatic rings. The fourth-order valence-electron chi connectivity index (χ4n) is 3.34. The van der Waals surface area contributed by atoms with Crippen LogP contribution in [0.3, 0.4) is 0 Å². The van der Waals surface area contributed by atoms with Gasteiger partial charge in [-0.05, 0) is 48.6 Å². The summed E-state index contributed by atoms with van der Waals surface area (Å²) in [4.78, 5) is 31.6. The molecule has 0 saturated heterocycles. The summed E-state index contributed by atoms with van der Waals surface area (Å²) >= 11 is 2.88. The number of carbonyl (C=O) groups excluding carboxylic acids is 1. The van der Waals surface area contributed by atoms with Gasteiger partial charge in [0.15, 0.2) is 5.16 Å². The standard InChI is InChI=1S/C23H21N3O2S2/c1-15-7-5-8-16(2)21(15)26-22(28)18-10-3-4-11-19(18)25-23(26)30-14-20(27)24-13-17-9-6-12-29-17/h3-12H,13-14H2,1-2H3,(H,24,27). The smallest absolute Gasteiger partial charge is 0.266 e. The second kappa shape index (κ2) is 8.85. The molecule has 152 valence electrons. The van der Waals surface area contributed by atoms with Gasteiger partial charge in [0.2, 0.25) is 5.91 Å². The summed E-state index contributed by atoms with van der Waals surface area (Å²) in [6.07, 6.45) is 0. The van der Waals surface area contributed by atoms with Crippen molar-refractivity contribution in [3.63, 3.8) is 0 Å². The summed E-state index contributed by atoms with van der Waals surface area (Å²) in [5, 5.41) is 5.99. The zero-order valence-corrected chi connectivity index (χ0v) is 18.3. The van der Waals surface area contributed by atoms with Crippen LogP contribution in [0.2, 0.25) is 0 Å². The number of nitrogens with zero attached hydrogens (tertiary/aromatic N) is 2. The molecule has 0 radical (unpaired) electrons. The van der Waals surface area contributed by atoms with Crippen molar-refractivity contribution in [1.82, 2.24) is 14.9 Å². The number of fused-ring (bicyclic) bond motifs is 1. The van der Waals surface area contributed by atoms with Crippen molar-refractivity contribution in [1.29, 1.82) is 0 Å². The molecule has 0 atom stereocenters. The topological polar surface area (TPSA) is 64.0 Å². The van der Waals surface area contributed by atoms with Crippen LogP contribution < -0.4 is 10.9 Å². The molecule has 0 saturated carbocycles. The Morgan fingerprint density at radius 1 is 1.07 bits per heavy atom. The van der Waals surface area contributed by atoms with E-state index < -0.39 is 0 Å². The third kappa shape index (κ3) is 4.17. The van der Waals surface area contributed by atoms with Gasteiger partial charge in [-0.2, -0.15) is 0 Å². The molecule has 0 bridgehead atoms. The summed E-state index contributed by atoms with van der Waals surface area (Å²) in [5.74, 6) is 0.0880. The minimum absolute atomic E-state index is 0.0936. The van der Waals surface area contributed by atoms with E-state index in [1.54, 1.807) is 22.0 Å². The van der Waals surface area contributed by atoms with Crippen molar-refractivity contribution in [2.24, 2.45) is 0 Å². The average molecular weight is 436 g/mol. The highest BCUT2D eigenvalue weighted by Crippen LogP contribution is 2.25. The Balaban J connectivity index is 1.69. The molecular weight excluding hydrogens is 414 g/mol. The van der Waals surface area contributed by atoms with Gasteiger partial charge >= 0.3 is 0 Å². The minimum Gasteiger partial charge on any atom is -0.350 e. The molecule has 30 heavy (non-hydrogen) atoms. The van der Waals surface area contributed by atoms with Crippen LogP contribution in [0, 0.1) is 13.8 Å². The molecule has 0 aliphatic heterocycles. The molecule has 0 unspecified atom stereocenters. The first-order valence-electron chi connectivity index (χ1n) is 9.55. The van der Waals surface area contributed by atoms with E-state index in [-0.39, 0.29) is 17.2 Å². The van der Waals surface area contributed by atoms with Crippen molar-refractivity contribution in [2.75, 3.05) is 5.75 Å². The maximum absolute atomic E-state index is 13.4. The van der Waals surface area contributed by atoms with Crippen molar-refractivity contribution in [2.45, 2.75) is 25.5 Å². The lowest BCUT2D eigenvalue weighted by atomic mass is 10.1. The van der Waals surface area contributed by atoms with Crippen molar-refractivity contribution in [3.05, 3.63) is 86.3 Å². The number of amides is 1. The molecule has 0 fully saturated rings. The van der Waals surface area contributed by atoms with Gasteiger partial charge in [-0.25, -0.2) is 4.98 Å². The van der Waals surface area contributed by atoms with Crippen LogP contribution in [0.1, 0.15) is 16.0 Å². The second-order valence-electron chi connectivity index (χ2n) is 6.94. The lowest BCUT2D eigenvalue weighted by Crippen LogP contribution is -2.26. The van der Waals surface area contributed by atoms with E-state index >= 15 is 0 Å². The van der Waals surface area contributed by atoms with Crippen molar-refractivity contribution < 1.29 is 4.79 Å². The quantitative estimate of drug-likeness (QED) is 0.358. The Morgan fingerprint density at radius 2 is 1.83 bits per heavy atom. The predicted molar refractivity (Wildman–Crippen MR) is 124 cm³/mol. The van der Waals surface area contributed by atoms with Gasteiger partial charge in [0.05, 0.1) is 28.9 Å². The van der Waals surface area contributed by atoms with Crippen LogP contribution in [0.4, 0.5) is 0 Å². The number of rotatable bonds is 6. The van der Waals surface area contributed by atoms with E-state index in [9.17, 15) is 9.59 Å². The van der Waals surface area contributed by atoms with E-state index in [0.29, 0.717) is 22.6 Å². The summed E-state index contributed by atoms with van der Waals surface area (Å²) < 4.78 is 1.64. The molecule has 1 N–H and O–H groups in total. The number of benzene rings is 2. The maximum atomic E-state index is 13.4. The number of hydrogen-bond donors (Lipinski definition) is 1. The zero-order chi connectivity index (χ0) is 21.1. The van der Waals surface area contributed by atoms with E-state index in [1.165, 1.54) is 11.8 Å². The molecule has 0 aliphatic rings. The van der Waals surface area contributed by atoms with Gasteiger partial charge in [-0.3, -0.25) is 14.2 Å². The minimum atomic E-state index is -0.125. The molecule has 1 amide bonds. The first kappa shape index (κ1) is 20.4. The average Bonchev–Trinajstić information content (AvgIpc) is 3.26. The first-order valence-corrected chi connectivity index (χ1v) is 11.4. The molecule has 2 aromatic heterocycles. The predicted octanol–water partition coefficient (Wildman–Crippen LogP) is 4.47. The van der Waals surface area contributed by atoms with Crippen molar-refractivity contribution in [3.8, 4) is 5.69 Å². The third-order valence-corrected chi connectivity index (χ3v) is 6.60. The SMILES string of the molecule is Cc1cccc(C)c1-n1c(SCC(=O)NCc2cccs2)nc2ccccc2c1=O. The molecule has 5 nitrogen and oxygen atoms in total. The highest BCUT2D eigenvalue weighted by Gasteiger charge is 2.17. The zero-order valence-electron chi connectivity index (χ0n) is 16.7. The highest BCUT2D eigenvalue weighted by molar-refractivity contribution is 7.99. The molecule has 7 heteroatoms. The number of nitrogens with one attached hydrogen (secondary N) is 1. The summed E-state index contributed by atoms with van der Waals surface area (Å²) in [6, 6.07) is 17.2. The molecule has 2 heterocycles. The fraction of sp³-hybridized carbons (Fsp3) is 0.174. The summed E-state index contributed by atoms with van der Waals surface area (Å²) in [5.41, 5.74) is 3.30. The Kier molecular flexibility index (Phi) is 6.01. The number of carbonyl (C=O) groups is 1. The van der Waals surface area contributed by atoms with Gasteiger partial charge in [0, 0.05) is 4.88 Å². The summed E-state index contributed by atoms with van der Waals surface area (Å²) in [6.45, 7) is 4.46. The van der Waals surface area contributed by atoms with Gasteiger partial charge in [-0.15, -0.1) is 11.3 Å². The van der Waals surface area contributed by atoms with Crippen LogP contribution in [-0.2, 0) is 11.3 Å². The number of aryl methyl sites for hydroxylation is 2. The third-order valence-electron chi connectivity index (χ3n) is 4.78. The fourth-order valence-corrected chi connectivity index (χ4v) is 4.82. The monoisotopic (exact) mass is 435 g/mol. The number of para-hydroxylation sites is 2. The summed E-state index contributed by atoms with van der Waals surface area (Å²) in [7, 11) is 0. The van der Waals surface area contributed by atoms with Gasteiger partial charge in [0.25, 0.3) is 5.56 Å². The molecule has 0 aliphatic carbocycles. The highest BCUT2D eigenvalue weighted by atomic mass is 32.2. The number of thiophene rings is 1. The van der Waals surface area contributed by atoms with E-state index in [4.69, 9.17) is 4.98 Å². The Bertz CT molecular complexity index is 1240. The number of aromatic nitrogens is 2. The normalized spacial score (nSPS) is 11.0. The maximum Gasteiger partial charge on any atom is 0.266 e. The van der Waals surface area contributed by atoms with E-state index in [1.807, 2.05) is 67.8 Å². The molecule has 2 aromatic carbocycles. The molecule has 4 rings (SSSR count). The van der Waals surface area contributed by atoms with Crippen LogP contribution in [0.25, 0.3) is 16.6 Å². The molecular formula is C23H21N3O2S2. The van der Waals surface area contributed by atoms with Gasteiger partial charge < -0.3 is 5.32 Å². The number of thioether (sulfide) groups is 1. The Labute approximate surface area is 182 Å². The molecule has 0 spiro atoms. The Morgan fingerprint density at radius 3 is 2.57 bits per heavy atom. The lowest BCUT2D eigenvalue weighted by molar-refractivity contribution is -0.118. The lowest BCUT2D eigenvalue weighted by Gasteiger charge is -2.17. The first-order chi connectivity index (χ1) is 14.5. The van der Waals surface area contributed by atoms with Gasteiger partial charge in [0.1, 0.15) is 0 Å². The van der Waals surface area contributed by atoms with Crippen LogP contribution in [0.15, 0.2) is 69.9 Å². The Hall–Kier alpha value is -2.90. The number of hydrogen-bond acceptors (Lipinski definition) is 5. The van der Waals surface area contributed by atoms with E-state index in [0.717, 1.165) is 21.7 Å². The largest absolute Gasteiger partial charge is 0.350 e. The van der Waals surface area contributed by atoms with Gasteiger partial charge in [-0.1, -0.05) is 48.2 Å². The second-order valence-corrected chi connectivity index (χ2v) is 8.91.